The zero-order valence-corrected chi connectivity index (χ0v) is 9.69. The quantitative estimate of drug-likeness (QED) is 0.558. The maximum atomic E-state index is 11.5. The lowest BCUT2D eigenvalue weighted by Crippen LogP contribution is -2.14. The van der Waals surface area contributed by atoms with Crippen LogP contribution in [0.25, 0.3) is 0 Å². The van der Waals surface area contributed by atoms with Crippen LogP contribution in [0.15, 0.2) is 0 Å². The standard InChI is InChI=1S/C12H21ClO/c13-11-9-7-5-3-1-2-4-6-8-10-12(11)14/h11H,1-10H2. The van der Waals surface area contributed by atoms with Gasteiger partial charge >= 0.3 is 0 Å². The summed E-state index contributed by atoms with van der Waals surface area (Å²) in [6, 6.07) is 0. The van der Waals surface area contributed by atoms with Crippen molar-refractivity contribution >= 4 is 17.4 Å². The fourth-order valence-electron chi connectivity index (χ4n) is 2.00. The van der Waals surface area contributed by atoms with Crippen molar-refractivity contribution < 1.29 is 4.79 Å². The molecule has 0 aromatic rings. The highest BCUT2D eigenvalue weighted by Crippen LogP contribution is 2.17. The molecule has 1 saturated carbocycles. The van der Waals surface area contributed by atoms with Crippen LogP contribution in [0, 0.1) is 0 Å². The van der Waals surface area contributed by atoms with Gasteiger partial charge in [0.2, 0.25) is 0 Å². The van der Waals surface area contributed by atoms with Crippen molar-refractivity contribution in [2.45, 2.75) is 69.6 Å². The molecule has 1 rings (SSSR count). The highest BCUT2D eigenvalue weighted by molar-refractivity contribution is 6.31. The molecular formula is C12H21ClO. The number of alkyl halides is 1. The Balaban J connectivity index is 2.27. The molecule has 0 aromatic carbocycles. The number of hydrogen-bond donors (Lipinski definition) is 0. The molecule has 1 atom stereocenters. The highest BCUT2D eigenvalue weighted by atomic mass is 35.5. The van der Waals surface area contributed by atoms with E-state index >= 15 is 0 Å². The molecule has 1 unspecified atom stereocenters. The normalized spacial score (nSPS) is 27.8. The maximum Gasteiger partial charge on any atom is 0.150 e. The van der Waals surface area contributed by atoms with Crippen LogP contribution < -0.4 is 0 Å². The van der Waals surface area contributed by atoms with Crippen LogP contribution in [-0.4, -0.2) is 11.2 Å². The number of Topliss-reactive ketones (excluding diaryl/α,β-unsaturated/α-hetero) is 1. The van der Waals surface area contributed by atoms with E-state index in [1.807, 2.05) is 0 Å². The van der Waals surface area contributed by atoms with Crippen molar-refractivity contribution in [3.8, 4) is 0 Å². The largest absolute Gasteiger partial charge is 0.298 e. The number of carbonyl (C=O) groups excluding carboxylic acids is 1. The smallest absolute Gasteiger partial charge is 0.150 e. The molecule has 1 aliphatic carbocycles. The number of ketones is 1. The van der Waals surface area contributed by atoms with E-state index < -0.39 is 0 Å². The molecule has 0 aliphatic heterocycles. The van der Waals surface area contributed by atoms with Crippen molar-refractivity contribution in [3.05, 3.63) is 0 Å². The van der Waals surface area contributed by atoms with Crippen molar-refractivity contribution in [3.63, 3.8) is 0 Å². The third kappa shape index (κ3) is 4.99. The molecule has 82 valence electrons. The molecule has 0 N–H and O–H groups in total. The topological polar surface area (TPSA) is 17.1 Å². The van der Waals surface area contributed by atoms with E-state index in [9.17, 15) is 4.79 Å². The Kier molecular flexibility index (Phi) is 6.25. The van der Waals surface area contributed by atoms with Gasteiger partial charge in [0.1, 0.15) is 0 Å². The van der Waals surface area contributed by atoms with Crippen LogP contribution >= 0.6 is 11.6 Å². The summed E-state index contributed by atoms with van der Waals surface area (Å²) in [5.74, 6) is 0.271. The summed E-state index contributed by atoms with van der Waals surface area (Å²) in [5.41, 5.74) is 0. The molecule has 0 bridgehead atoms. The van der Waals surface area contributed by atoms with E-state index in [-0.39, 0.29) is 11.2 Å². The van der Waals surface area contributed by atoms with E-state index in [1.54, 1.807) is 0 Å². The van der Waals surface area contributed by atoms with E-state index in [2.05, 4.69) is 0 Å². The first-order valence-corrected chi connectivity index (χ1v) is 6.41. The van der Waals surface area contributed by atoms with Crippen molar-refractivity contribution in [1.82, 2.24) is 0 Å². The molecule has 0 radical (unpaired) electrons. The molecule has 0 saturated heterocycles. The van der Waals surface area contributed by atoms with Gasteiger partial charge in [-0.2, -0.15) is 0 Å². The number of carbonyl (C=O) groups is 1. The van der Waals surface area contributed by atoms with Crippen LogP contribution in [-0.2, 0) is 4.79 Å². The van der Waals surface area contributed by atoms with Gasteiger partial charge in [-0.25, -0.2) is 0 Å². The van der Waals surface area contributed by atoms with Crippen LogP contribution in [0.3, 0.4) is 0 Å². The molecule has 1 fully saturated rings. The SMILES string of the molecule is O=C1CCCCCCCCCCC1Cl. The zero-order valence-electron chi connectivity index (χ0n) is 8.93. The van der Waals surface area contributed by atoms with E-state index in [0.29, 0.717) is 6.42 Å². The van der Waals surface area contributed by atoms with E-state index in [4.69, 9.17) is 11.6 Å². The van der Waals surface area contributed by atoms with Gasteiger partial charge in [0, 0.05) is 6.42 Å². The molecular weight excluding hydrogens is 196 g/mol. The van der Waals surface area contributed by atoms with Crippen molar-refractivity contribution in [2.24, 2.45) is 0 Å². The van der Waals surface area contributed by atoms with Gasteiger partial charge in [0.05, 0.1) is 5.38 Å². The first kappa shape index (κ1) is 12.0. The Morgan fingerprint density at radius 1 is 0.857 bits per heavy atom. The van der Waals surface area contributed by atoms with Gasteiger partial charge in [-0.05, 0) is 12.8 Å². The number of rotatable bonds is 0. The first-order valence-electron chi connectivity index (χ1n) is 5.97. The lowest BCUT2D eigenvalue weighted by Gasteiger charge is -2.10. The Bertz CT molecular complexity index is 168. The summed E-state index contributed by atoms with van der Waals surface area (Å²) in [6.07, 6.45) is 11.5. The Morgan fingerprint density at radius 2 is 1.36 bits per heavy atom. The molecule has 0 aromatic heterocycles. The fraction of sp³-hybridized carbons (Fsp3) is 0.917. The van der Waals surface area contributed by atoms with Crippen LogP contribution in [0.1, 0.15) is 64.2 Å². The summed E-state index contributed by atoms with van der Waals surface area (Å²) in [5, 5.41) is -0.200. The molecule has 1 aliphatic rings. The first-order chi connectivity index (χ1) is 6.80. The summed E-state index contributed by atoms with van der Waals surface area (Å²) in [4.78, 5) is 11.5. The van der Waals surface area contributed by atoms with Gasteiger partial charge in [0.25, 0.3) is 0 Å². The Hall–Kier alpha value is -0.0400. The van der Waals surface area contributed by atoms with Crippen LogP contribution in [0.4, 0.5) is 0 Å². The van der Waals surface area contributed by atoms with Gasteiger partial charge in [-0.3, -0.25) is 4.79 Å². The molecule has 0 amide bonds. The lowest BCUT2D eigenvalue weighted by atomic mass is 10.0. The minimum Gasteiger partial charge on any atom is -0.298 e. The van der Waals surface area contributed by atoms with Crippen molar-refractivity contribution in [1.29, 1.82) is 0 Å². The van der Waals surface area contributed by atoms with E-state index in [0.717, 1.165) is 19.3 Å². The third-order valence-electron chi connectivity index (χ3n) is 2.98. The maximum absolute atomic E-state index is 11.5. The molecule has 0 spiro atoms. The summed E-state index contributed by atoms with van der Waals surface area (Å²) in [7, 11) is 0. The third-order valence-corrected chi connectivity index (χ3v) is 3.44. The number of halogens is 1. The lowest BCUT2D eigenvalue weighted by molar-refractivity contribution is -0.119. The molecule has 2 heteroatoms. The highest BCUT2D eigenvalue weighted by Gasteiger charge is 2.14. The van der Waals surface area contributed by atoms with Crippen molar-refractivity contribution in [2.75, 3.05) is 0 Å². The van der Waals surface area contributed by atoms with E-state index in [1.165, 1.54) is 38.5 Å². The predicted molar refractivity (Wildman–Crippen MR) is 60.8 cm³/mol. The monoisotopic (exact) mass is 216 g/mol. The Morgan fingerprint density at radius 3 is 2.00 bits per heavy atom. The minimum absolute atomic E-state index is 0.200. The van der Waals surface area contributed by atoms with Gasteiger partial charge < -0.3 is 0 Å². The van der Waals surface area contributed by atoms with Crippen LogP contribution in [0.2, 0.25) is 0 Å². The summed E-state index contributed by atoms with van der Waals surface area (Å²) >= 11 is 6.01. The Labute approximate surface area is 92.2 Å². The van der Waals surface area contributed by atoms with Crippen LogP contribution in [0.5, 0.6) is 0 Å². The molecule has 14 heavy (non-hydrogen) atoms. The predicted octanol–water partition coefficient (Wildman–Crippen LogP) is 4.08. The second-order valence-electron chi connectivity index (χ2n) is 4.30. The minimum atomic E-state index is -0.200. The average molecular weight is 217 g/mol. The molecule has 1 nitrogen and oxygen atoms in total. The number of hydrogen-bond acceptors (Lipinski definition) is 1. The fourth-order valence-corrected chi connectivity index (χ4v) is 2.26. The average Bonchev–Trinajstić information content (AvgIpc) is 2.18. The molecule has 0 heterocycles. The summed E-state index contributed by atoms with van der Waals surface area (Å²) < 4.78 is 0. The van der Waals surface area contributed by atoms with Gasteiger partial charge in [-0.15, -0.1) is 11.6 Å². The van der Waals surface area contributed by atoms with Gasteiger partial charge in [0.15, 0.2) is 5.78 Å². The summed E-state index contributed by atoms with van der Waals surface area (Å²) in [6.45, 7) is 0. The second-order valence-corrected chi connectivity index (χ2v) is 4.83. The second kappa shape index (κ2) is 7.28. The zero-order chi connectivity index (χ0) is 10.2. The van der Waals surface area contributed by atoms with Gasteiger partial charge in [-0.1, -0.05) is 44.9 Å².